The number of carbonyl (C=O) groups excluding carboxylic acids is 1. The smallest absolute Gasteiger partial charge is 0.265 e. The van der Waals surface area contributed by atoms with Crippen molar-refractivity contribution in [2.45, 2.75) is 4.90 Å². The van der Waals surface area contributed by atoms with Gasteiger partial charge in [-0.15, -0.1) is 0 Å². The fraction of sp³-hybridized carbons (Fsp3) is 0.278. The van der Waals surface area contributed by atoms with E-state index in [2.05, 4.69) is 20.7 Å². The van der Waals surface area contributed by atoms with Gasteiger partial charge < -0.3 is 14.4 Å². The third kappa shape index (κ3) is 4.43. The molecule has 0 radical (unpaired) electrons. The molecule has 0 unspecified atom stereocenters. The van der Waals surface area contributed by atoms with Gasteiger partial charge in [0.2, 0.25) is 0 Å². The van der Waals surface area contributed by atoms with Gasteiger partial charge in [0.15, 0.2) is 5.75 Å². The largest absolute Gasteiger partial charge is 0.494 e. The summed E-state index contributed by atoms with van der Waals surface area (Å²) in [6, 6.07) is 9.29. The van der Waals surface area contributed by atoms with Gasteiger partial charge in [-0.2, -0.15) is 0 Å². The number of ether oxygens (including phenoxy) is 2. The molecule has 7 nitrogen and oxygen atoms in total. The number of amides is 1. The van der Waals surface area contributed by atoms with Gasteiger partial charge in [-0.25, -0.2) is 8.42 Å². The summed E-state index contributed by atoms with van der Waals surface area (Å²) < 4.78 is 39.4. The lowest BCUT2D eigenvalue weighted by Gasteiger charge is -2.27. The average Bonchev–Trinajstić information content (AvgIpc) is 2.68. The van der Waals surface area contributed by atoms with Gasteiger partial charge in [0, 0.05) is 18.1 Å². The molecule has 1 aliphatic rings. The van der Waals surface area contributed by atoms with E-state index < -0.39 is 10.0 Å². The lowest BCUT2D eigenvalue weighted by molar-refractivity contribution is 0.0303. The van der Waals surface area contributed by atoms with Crippen LogP contribution >= 0.6 is 27.5 Å². The molecule has 1 heterocycles. The van der Waals surface area contributed by atoms with Crippen molar-refractivity contribution < 1.29 is 22.7 Å². The Morgan fingerprint density at radius 1 is 1.25 bits per heavy atom. The van der Waals surface area contributed by atoms with Crippen LogP contribution in [0.5, 0.6) is 5.75 Å². The zero-order chi connectivity index (χ0) is 20.3. The number of halogens is 2. The minimum Gasteiger partial charge on any atom is -0.494 e. The Kier molecular flexibility index (Phi) is 6.49. The minimum absolute atomic E-state index is 0.119. The van der Waals surface area contributed by atoms with Gasteiger partial charge in [-0.05, 0) is 40.2 Å². The van der Waals surface area contributed by atoms with Crippen LogP contribution in [0, 0.1) is 0 Å². The van der Waals surface area contributed by atoms with Crippen LogP contribution in [0.25, 0.3) is 0 Å². The molecule has 0 saturated carbocycles. The molecule has 0 bridgehead atoms. The van der Waals surface area contributed by atoms with Gasteiger partial charge in [-0.3, -0.25) is 9.52 Å². The Morgan fingerprint density at radius 3 is 2.61 bits per heavy atom. The van der Waals surface area contributed by atoms with Gasteiger partial charge in [0.25, 0.3) is 15.9 Å². The Morgan fingerprint density at radius 2 is 1.93 bits per heavy atom. The lowest BCUT2D eigenvalue weighted by atomic mass is 10.1. The number of carbonyl (C=O) groups is 1. The summed E-state index contributed by atoms with van der Waals surface area (Å²) in [5.74, 6) is -0.144. The lowest BCUT2D eigenvalue weighted by Crippen LogP contribution is -2.41. The quantitative estimate of drug-likeness (QED) is 0.696. The summed E-state index contributed by atoms with van der Waals surface area (Å²) in [7, 11) is -2.71. The number of para-hydroxylation sites is 1. The maximum Gasteiger partial charge on any atom is 0.265 e. The van der Waals surface area contributed by atoms with Crippen molar-refractivity contribution in [2.24, 2.45) is 0 Å². The molecule has 1 amide bonds. The van der Waals surface area contributed by atoms with E-state index in [1.54, 1.807) is 23.1 Å². The van der Waals surface area contributed by atoms with Crippen molar-refractivity contribution in [1.29, 1.82) is 0 Å². The first-order chi connectivity index (χ1) is 13.3. The number of anilines is 1. The molecule has 10 heteroatoms. The molecule has 2 aromatic carbocycles. The number of benzene rings is 2. The van der Waals surface area contributed by atoms with E-state index in [1.807, 2.05) is 0 Å². The molecule has 150 valence electrons. The molecule has 3 rings (SSSR count). The monoisotopic (exact) mass is 488 g/mol. The number of nitrogens with zero attached hydrogens (tertiary/aromatic N) is 1. The number of nitrogens with one attached hydrogen (secondary N) is 1. The van der Waals surface area contributed by atoms with Crippen LogP contribution in [0.15, 0.2) is 45.8 Å². The fourth-order valence-corrected chi connectivity index (χ4v) is 5.29. The van der Waals surface area contributed by atoms with Crippen LogP contribution < -0.4 is 9.46 Å². The van der Waals surface area contributed by atoms with Crippen LogP contribution in [0.4, 0.5) is 5.69 Å². The standard InChI is InChI=1S/C18H18BrClN2O5S/c1-26-17-14(19)10-12(20)11-16(17)28(24,25)21-15-5-3-2-4-13(15)18(23)22-6-8-27-9-7-22/h2-5,10-11,21H,6-9H2,1H3. The van der Waals surface area contributed by atoms with Crippen LogP contribution in [0.3, 0.4) is 0 Å². The number of methoxy groups -OCH3 is 1. The van der Waals surface area contributed by atoms with Crippen molar-refractivity contribution in [3.8, 4) is 5.75 Å². The number of hydrogen-bond acceptors (Lipinski definition) is 5. The number of sulfonamides is 1. The molecular formula is C18H18BrClN2O5S. The average molecular weight is 490 g/mol. The highest BCUT2D eigenvalue weighted by Gasteiger charge is 2.26. The Hall–Kier alpha value is -1.81. The maximum atomic E-state index is 13.0. The van der Waals surface area contributed by atoms with Crippen molar-refractivity contribution >= 4 is 49.1 Å². The third-order valence-corrected chi connectivity index (χ3v) is 6.35. The topological polar surface area (TPSA) is 84.9 Å². The summed E-state index contributed by atoms with van der Waals surface area (Å²) in [4.78, 5) is 14.4. The van der Waals surface area contributed by atoms with E-state index in [9.17, 15) is 13.2 Å². The second-order valence-corrected chi connectivity index (χ2v) is 8.92. The summed E-state index contributed by atoms with van der Waals surface area (Å²) in [5, 5.41) is 0.228. The number of hydrogen-bond donors (Lipinski definition) is 1. The molecule has 0 aromatic heterocycles. The molecule has 28 heavy (non-hydrogen) atoms. The maximum absolute atomic E-state index is 13.0. The van der Waals surface area contributed by atoms with Crippen molar-refractivity contribution in [1.82, 2.24) is 4.90 Å². The zero-order valence-corrected chi connectivity index (χ0v) is 18.1. The summed E-state index contributed by atoms with van der Waals surface area (Å²) in [5.41, 5.74) is 0.435. The molecule has 0 aliphatic carbocycles. The van der Waals surface area contributed by atoms with Gasteiger partial charge in [-0.1, -0.05) is 23.7 Å². The zero-order valence-electron chi connectivity index (χ0n) is 14.9. The summed E-state index contributed by atoms with van der Waals surface area (Å²) in [6.07, 6.45) is 0. The highest BCUT2D eigenvalue weighted by atomic mass is 79.9. The minimum atomic E-state index is -4.07. The molecule has 1 aliphatic heterocycles. The van der Waals surface area contributed by atoms with E-state index in [-0.39, 0.29) is 32.8 Å². The van der Waals surface area contributed by atoms with E-state index in [0.717, 1.165) is 0 Å². The van der Waals surface area contributed by atoms with E-state index in [1.165, 1.54) is 25.3 Å². The Bertz CT molecular complexity index is 993. The molecule has 1 fully saturated rings. The Balaban J connectivity index is 1.97. The second-order valence-electron chi connectivity index (χ2n) is 5.97. The second kappa shape index (κ2) is 8.69. The van der Waals surface area contributed by atoms with Crippen LogP contribution in [-0.2, 0) is 14.8 Å². The normalized spacial score (nSPS) is 14.6. The predicted octanol–water partition coefficient (Wildman–Crippen LogP) is 3.38. The first-order valence-corrected chi connectivity index (χ1v) is 11.0. The predicted molar refractivity (Wildman–Crippen MR) is 110 cm³/mol. The number of morpholine rings is 1. The SMILES string of the molecule is COc1c(Br)cc(Cl)cc1S(=O)(=O)Nc1ccccc1C(=O)N1CCOCC1. The van der Waals surface area contributed by atoms with Crippen molar-refractivity contribution in [3.63, 3.8) is 0 Å². The highest BCUT2D eigenvalue weighted by molar-refractivity contribution is 9.10. The van der Waals surface area contributed by atoms with Gasteiger partial charge in [0.1, 0.15) is 4.90 Å². The summed E-state index contributed by atoms with van der Waals surface area (Å²) >= 11 is 9.27. The van der Waals surface area contributed by atoms with Crippen LogP contribution in [0.2, 0.25) is 5.02 Å². The van der Waals surface area contributed by atoms with E-state index in [0.29, 0.717) is 30.8 Å². The third-order valence-electron chi connectivity index (χ3n) is 4.17. The first-order valence-electron chi connectivity index (χ1n) is 8.35. The summed E-state index contributed by atoms with van der Waals surface area (Å²) in [6.45, 7) is 1.81. The molecule has 0 spiro atoms. The first kappa shape index (κ1) is 20.9. The molecular weight excluding hydrogens is 472 g/mol. The van der Waals surface area contributed by atoms with Crippen LogP contribution in [0.1, 0.15) is 10.4 Å². The Labute approximate surface area is 176 Å². The molecule has 1 saturated heterocycles. The van der Waals surface area contributed by atoms with Crippen molar-refractivity contribution in [3.05, 3.63) is 51.5 Å². The fourth-order valence-electron chi connectivity index (χ4n) is 2.83. The number of rotatable bonds is 5. The molecule has 1 N–H and O–H groups in total. The highest BCUT2D eigenvalue weighted by Crippen LogP contribution is 2.36. The van der Waals surface area contributed by atoms with E-state index in [4.69, 9.17) is 21.1 Å². The molecule has 0 atom stereocenters. The van der Waals surface area contributed by atoms with E-state index >= 15 is 0 Å². The van der Waals surface area contributed by atoms with Crippen LogP contribution in [-0.4, -0.2) is 52.6 Å². The molecule has 2 aromatic rings. The van der Waals surface area contributed by atoms with Gasteiger partial charge in [0.05, 0.1) is 36.0 Å². The van der Waals surface area contributed by atoms with Gasteiger partial charge >= 0.3 is 0 Å². The van der Waals surface area contributed by atoms with Crippen molar-refractivity contribution in [2.75, 3.05) is 38.1 Å².